The number of likely N-dealkylation sites (tertiary alicyclic amines) is 1. The minimum atomic E-state index is -0.329. The lowest BCUT2D eigenvalue weighted by Crippen LogP contribution is -2.36. The molecular formula is C16H26FN3O. The molecule has 1 fully saturated rings. The van der Waals surface area contributed by atoms with Gasteiger partial charge in [0.2, 0.25) is 0 Å². The van der Waals surface area contributed by atoms with E-state index >= 15 is 0 Å². The summed E-state index contributed by atoms with van der Waals surface area (Å²) in [6.45, 7) is 4.69. The zero-order chi connectivity index (χ0) is 15.6. The Labute approximate surface area is 126 Å². The predicted octanol–water partition coefficient (Wildman–Crippen LogP) is 1.72. The fourth-order valence-electron chi connectivity index (χ4n) is 3.30. The quantitative estimate of drug-likeness (QED) is 0.898. The van der Waals surface area contributed by atoms with E-state index in [1.54, 1.807) is 12.1 Å². The van der Waals surface area contributed by atoms with Crippen LogP contribution in [0.3, 0.4) is 0 Å². The molecular weight excluding hydrogens is 269 g/mol. The molecule has 0 amide bonds. The standard InChI is InChI=1S/C16H26FN3O/c1-11-9-20(10-15(11)19(2)3)14(8-18)12-5-6-16(21-4)13(17)7-12/h5-7,11,14-15H,8-10,18H2,1-4H3. The van der Waals surface area contributed by atoms with Crippen LogP contribution in [0, 0.1) is 11.7 Å². The van der Waals surface area contributed by atoms with Crippen molar-refractivity contribution in [3.63, 3.8) is 0 Å². The molecule has 2 rings (SSSR count). The number of benzene rings is 1. The number of nitrogens with zero attached hydrogens (tertiary/aromatic N) is 2. The lowest BCUT2D eigenvalue weighted by atomic mass is 10.0. The van der Waals surface area contributed by atoms with Gasteiger partial charge in [-0.05, 0) is 37.7 Å². The van der Waals surface area contributed by atoms with Gasteiger partial charge in [-0.15, -0.1) is 0 Å². The zero-order valence-corrected chi connectivity index (χ0v) is 13.3. The normalized spacial score (nSPS) is 24.5. The van der Waals surface area contributed by atoms with Crippen molar-refractivity contribution >= 4 is 0 Å². The second kappa shape index (κ2) is 6.73. The van der Waals surface area contributed by atoms with Gasteiger partial charge in [0.1, 0.15) is 0 Å². The van der Waals surface area contributed by atoms with Crippen molar-refractivity contribution < 1.29 is 9.13 Å². The van der Waals surface area contributed by atoms with Gasteiger partial charge in [0.15, 0.2) is 11.6 Å². The molecule has 1 aliphatic rings. The number of ether oxygens (including phenoxy) is 1. The molecule has 0 aromatic heterocycles. The van der Waals surface area contributed by atoms with E-state index in [9.17, 15) is 4.39 Å². The molecule has 0 spiro atoms. The monoisotopic (exact) mass is 295 g/mol. The molecule has 0 bridgehead atoms. The Bertz CT molecular complexity index is 481. The summed E-state index contributed by atoms with van der Waals surface area (Å²) in [5.41, 5.74) is 6.88. The number of likely N-dealkylation sites (N-methyl/N-ethyl adjacent to an activating group) is 1. The van der Waals surface area contributed by atoms with Crippen LogP contribution in [-0.4, -0.2) is 56.7 Å². The van der Waals surface area contributed by atoms with Crippen molar-refractivity contribution in [3.8, 4) is 5.75 Å². The average Bonchev–Trinajstić information content (AvgIpc) is 2.82. The molecule has 3 unspecified atom stereocenters. The molecule has 1 heterocycles. The Morgan fingerprint density at radius 1 is 1.43 bits per heavy atom. The van der Waals surface area contributed by atoms with Gasteiger partial charge < -0.3 is 15.4 Å². The van der Waals surface area contributed by atoms with Gasteiger partial charge in [-0.2, -0.15) is 0 Å². The number of hydrogen-bond acceptors (Lipinski definition) is 4. The molecule has 0 radical (unpaired) electrons. The van der Waals surface area contributed by atoms with Crippen LogP contribution in [0.2, 0.25) is 0 Å². The molecule has 118 valence electrons. The highest BCUT2D eigenvalue weighted by molar-refractivity contribution is 5.31. The minimum absolute atomic E-state index is 0.0535. The topological polar surface area (TPSA) is 41.7 Å². The van der Waals surface area contributed by atoms with Crippen molar-refractivity contribution in [2.24, 2.45) is 11.7 Å². The molecule has 21 heavy (non-hydrogen) atoms. The SMILES string of the molecule is COc1ccc(C(CN)N2CC(C)C(N(C)C)C2)cc1F. The Kier molecular flexibility index (Phi) is 5.19. The highest BCUT2D eigenvalue weighted by Gasteiger charge is 2.34. The Balaban J connectivity index is 2.19. The summed E-state index contributed by atoms with van der Waals surface area (Å²) in [5.74, 6) is 0.525. The molecule has 3 atom stereocenters. The summed E-state index contributed by atoms with van der Waals surface area (Å²) in [6.07, 6.45) is 0. The van der Waals surface area contributed by atoms with E-state index in [0.29, 0.717) is 18.5 Å². The third kappa shape index (κ3) is 3.36. The van der Waals surface area contributed by atoms with Crippen LogP contribution in [0.25, 0.3) is 0 Å². The van der Waals surface area contributed by atoms with Gasteiger partial charge >= 0.3 is 0 Å². The van der Waals surface area contributed by atoms with E-state index in [1.807, 2.05) is 6.07 Å². The van der Waals surface area contributed by atoms with Crippen LogP contribution >= 0.6 is 0 Å². The lowest BCUT2D eigenvalue weighted by molar-refractivity contribution is 0.219. The number of halogens is 1. The van der Waals surface area contributed by atoms with Crippen molar-refractivity contribution in [1.82, 2.24) is 9.80 Å². The first-order chi connectivity index (χ1) is 9.97. The summed E-state index contributed by atoms with van der Waals surface area (Å²) in [6, 6.07) is 5.70. The predicted molar refractivity (Wildman–Crippen MR) is 83.0 cm³/mol. The fourth-order valence-corrected chi connectivity index (χ4v) is 3.30. The molecule has 2 N–H and O–H groups in total. The molecule has 4 nitrogen and oxygen atoms in total. The smallest absolute Gasteiger partial charge is 0.165 e. The maximum atomic E-state index is 13.9. The number of hydrogen-bond donors (Lipinski definition) is 1. The van der Waals surface area contributed by atoms with Crippen LogP contribution in [0.5, 0.6) is 5.75 Å². The molecule has 1 aliphatic heterocycles. The van der Waals surface area contributed by atoms with Gasteiger partial charge in [0.05, 0.1) is 7.11 Å². The average molecular weight is 295 g/mol. The van der Waals surface area contributed by atoms with Gasteiger partial charge in [0, 0.05) is 31.7 Å². The van der Waals surface area contributed by atoms with Crippen molar-refractivity contribution in [3.05, 3.63) is 29.6 Å². The van der Waals surface area contributed by atoms with E-state index in [0.717, 1.165) is 18.7 Å². The molecule has 5 heteroatoms. The van der Waals surface area contributed by atoms with E-state index in [1.165, 1.54) is 7.11 Å². The molecule has 0 saturated carbocycles. The molecule has 1 aromatic carbocycles. The van der Waals surface area contributed by atoms with Crippen LogP contribution in [0.15, 0.2) is 18.2 Å². The fraction of sp³-hybridized carbons (Fsp3) is 0.625. The first-order valence-electron chi connectivity index (χ1n) is 7.42. The summed E-state index contributed by atoms with van der Waals surface area (Å²) < 4.78 is 18.9. The van der Waals surface area contributed by atoms with Crippen LogP contribution < -0.4 is 10.5 Å². The number of methoxy groups -OCH3 is 1. The Morgan fingerprint density at radius 3 is 2.62 bits per heavy atom. The summed E-state index contributed by atoms with van der Waals surface area (Å²) in [7, 11) is 5.69. The van der Waals surface area contributed by atoms with Crippen LogP contribution in [-0.2, 0) is 0 Å². The second-order valence-electron chi connectivity index (χ2n) is 6.11. The van der Waals surface area contributed by atoms with Gasteiger partial charge in [-0.1, -0.05) is 13.0 Å². The summed E-state index contributed by atoms with van der Waals surface area (Å²) in [5, 5.41) is 0. The van der Waals surface area contributed by atoms with Crippen molar-refractivity contribution in [2.75, 3.05) is 40.8 Å². The first kappa shape index (κ1) is 16.2. The zero-order valence-electron chi connectivity index (χ0n) is 13.3. The van der Waals surface area contributed by atoms with Crippen molar-refractivity contribution in [2.45, 2.75) is 19.0 Å². The maximum absolute atomic E-state index is 13.9. The Morgan fingerprint density at radius 2 is 2.14 bits per heavy atom. The van der Waals surface area contributed by atoms with Crippen molar-refractivity contribution in [1.29, 1.82) is 0 Å². The largest absolute Gasteiger partial charge is 0.494 e. The first-order valence-corrected chi connectivity index (χ1v) is 7.42. The maximum Gasteiger partial charge on any atom is 0.165 e. The summed E-state index contributed by atoms with van der Waals surface area (Å²) >= 11 is 0. The van der Waals surface area contributed by atoms with Gasteiger partial charge in [0.25, 0.3) is 0 Å². The third-order valence-corrected chi connectivity index (χ3v) is 4.49. The minimum Gasteiger partial charge on any atom is -0.494 e. The van der Waals surface area contributed by atoms with E-state index in [2.05, 4.69) is 30.8 Å². The highest BCUT2D eigenvalue weighted by atomic mass is 19.1. The van der Waals surface area contributed by atoms with Crippen LogP contribution in [0.1, 0.15) is 18.5 Å². The summed E-state index contributed by atoms with van der Waals surface area (Å²) in [4.78, 5) is 4.61. The number of nitrogens with two attached hydrogens (primary N) is 1. The van der Waals surface area contributed by atoms with Gasteiger partial charge in [-0.25, -0.2) is 4.39 Å². The molecule has 1 saturated heterocycles. The van der Waals surface area contributed by atoms with E-state index in [-0.39, 0.29) is 17.6 Å². The molecule has 1 aromatic rings. The van der Waals surface area contributed by atoms with Gasteiger partial charge in [-0.3, -0.25) is 4.90 Å². The lowest BCUT2D eigenvalue weighted by Gasteiger charge is -2.28. The number of rotatable bonds is 5. The second-order valence-corrected chi connectivity index (χ2v) is 6.11. The molecule has 0 aliphatic carbocycles. The Hall–Kier alpha value is -1.17. The van der Waals surface area contributed by atoms with Crippen LogP contribution in [0.4, 0.5) is 4.39 Å². The third-order valence-electron chi connectivity index (χ3n) is 4.49. The highest BCUT2D eigenvalue weighted by Crippen LogP contribution is 2.30. The van der Waals surface area contributed by atoms with E-state index < -0.39 is 0 Å². The van der Waals surface area contributed by atoms with E-state index in [4.69, 9.17) is 10.5 Å².